The molecule has 31 heavy (non-hydrogen) atoms. The van der Waals surface area contributed by atoms with Crippen molar-refractivity contribution in [3.05, 3.63) is 64.8 Å². The fourth-order valence-corrected chi connectivity index (χ4v) is 4.03. The van der Waals surface area contributed by atoms with E-state index in [1.54, 1.807) is 24.3 Å². The molecule has 1 heterocycles. The minimum absolute atomic E-state index is 0.198. The zero-order chi connectivity index (χ0) is 22.0. The predicted molar refractivity (Wildman–Crippen MR) is 118 cm³/mol. The smallest absolute Gasteiger partial charge is 0.325 e. The SMILES string of the molecule is COC(=O)CNC(=O)c1ccc(NC(=O)c2cccc3c4c([nH]c23)CCC(C)C4)cc1. The first kappa shape index (κ1) is 20.7. The topological polar surface area (TPSA) is 100 Å². The van der Waals surface area contributed by atoms with Gasteiger partial charge in [-0.25, -0.2) is 0 Å². The van der Waals surface area contributed by atoms with Gasteiger partial charge in [0.25, 0.3) is 11.8 Å². The quantitative estimate of drug-likeness (QED) is 0.552. The van der Waals surface area contributed by atoms with Crippen molar-refractivity contribution in [2.45, 2.75) is 26.2 Å². The fourth-order valence-electron chi connectivity index (χ4n) is 4.03. The summed E-state index contributed by atoms with van der Waals surface area (Å²) in [4.78, 5) is 39.7. The maximum absolute atomic E-state index is 13.0. The van der Waals surface area contributed by atoms with Crippen LogP contribution >= 0.6 is 0 Å². The molecule has 0 saturated carbocycles. The van der Waals surface area contributed by atoms with Crippen LogP contribution in [0.3, 0.4) is 0 Å². The van der Waals surface area contributed by atoms with Gasteiger partial charge in [-0.3, -0.25) is 14.4 Å². The molecule has 7 heteroatoms. The molecule has 0 fully saturated rings. The minimum atomic E-state index is -0.521. The number of ether oxygens (including phenoxy) is 1. The van der Waals surface area contributed by atoms with E-state index in [9.17, 15) is 14.4 Å². The first-order valence-corrected chi connectivity index (χ1v) is 10.3. The Hall–Kier alpha value is -3.61. The van der Waals surface area contributed by atoms with E-state index in [1.165, 1.54) is 18.4 Å². The summed E-state index contributed by atoms with van der Waals surface area (Å²) >= 11 is 0. The van der Waals surface area contributed by atoms with E-state index in [0.717, 1.165) is 30.2 Å². The van der Waals surface area contributed by atoms with Crippen molar-refractivity contribution in [1.82, 2.24) is 10.3 Å². The van der Waals surface area contributed by atoms with Gasteiger partial charge in [-0.1, -0.05) is 19.1 Å². The van der Waals surface area contributed by atoms with E-state index in [4.69, 9.17) is 0 Å². The average molecular weight is 419 g/mol. The number of hydrogen-bond acceptors (Lipinski definition) is 4. The Balaban J connectivity index is 1.49. The third kappa shape index (κ3) is 4.30. The van der Waals surface area contributed by atoms with Crippen LogP contribution in [-0.2, 0) is 22.4 Å². The Bertz CT molecular complexity index is 1150. The number of para-hydroxylation sites is 1. The molecule has 1 aliphatic rings. The van der Waals surface area contributed by atoms with Gasteiger partial charge in [-0.2, -0.15) is 0 Å². The van der Waals surface area contributed by atoms with Crippen LogP contribution in [0.4, 0.5) is 5.69 Å². The van der Waals surface area contributed by atoms with E-state index >= 15 is 0 Å². The van der Waals surface area contributed by atoms with Gasteiger partial charge in [0.2, 0.25) is 0 Å². The van der Waals surface area contributed by atoms with Gasteiger partial charge in [-0.15, -0.1) is 0 Å². The number of aryl methyl sites for hydroxylation is 1. The highest BCUT2D eigenvalue weighted by atomic mass is 16.5. The largest absolute Gasteiger partial charge is 0.468 e. The van der Waals surface area contributed by atoms with Crippen molar-refractivity contribution in [3.8, 4) is 0 Å². The highest BCUT2D eigenvalue weighted by molar-refractivity contribution is 6.12. The molecular formula is C24H25N3O4. The van der Waals surface area contributed by atoms with Crippen molar-refractivity contribution in [1.29, 1.82) is 0 Å². The van der Waals surface area contributed by atoms with Crippen molar-refractivity contribution in [3.63, 3.8) is 0 Å². The fraction of sp³-hybridized carbons (Fsp3) is 0.292. The molecule has 0 radical (unpaired) electrons. The van der Waals surface area contributed by atoms with E-state index in [1.807, 2.05) is 12.1 Å². The number of aromatic nitrogens is 1. The Morgan fingerprint density at radius 2 is 1.87 bits per heavy atom. The molecule has 1 aromatic heterocycles. The lowest BCUT2D eigenvalue weighted by molar-refractivity contribution is -0.139. The van der Waals surface area contributed by atoms with Gasteiger partial charge >= 0.3 is 5.97 Å². The van der Waals surface area contributed by atoms with Crippen LogP contribution < -0.4 is 10.6 Å². The maximum atomic E-state index is 13.0. The van der Waals surface area contributed by atoms with Crippen LogP contribution in [0, 0.1) is 5.92 Å². The molecule has 4 rings (SSSR count). The number of aromatic amines is 1. The maximum Gasteiger partial charge on any atom is 0.325 e. The Morgan fingerprint density at radius 3 is 2.61 bits per heavy atom. The van der Waals surface area contributed by atoms with E-state index in [-0.39, 0.29) is 18.4 Å². The number of H-pyrrole nitrogens is 1. The average Bonchev–Trinajstić information content (AvgIpc) is 3.15. The molecule has 7 nitrogen and oxygen atoms in total. The molecule has 3 N–H and O–H groups in total. The monoisotopic (exact) mass is 419 g/mol. The summed E-state index contributed by atoms with van der Waals surface area (Å²) in [5, 5.41) is 6.50. The van der Waals surface area contributed by atoms with Crippen LogP contribution in [-0.4, -0.2) is 36.4 Å². The van der Waals surface area contributed by atoms with E-state index in [2.05, 4.69) is 33.3 Å². The van der Waals surface area contributed by atoms with Crippen LogP contribution in [0.15, 0.2) is 42.5 Å². The lowest BCUT2D eigenvalue weighted by Crippen LogP contribution is -2.30. The zero-order valence-corrected chi connectivity index (χ0v) is 17.6. The van der Waals surface area contributed by atoms with Gasteiger partial charge in [0.05, 0.1) is 18.2 Å². The molecule has 1 unspecified atom stereocenters. The molecule has 1 atom stereocenters. The van der Waals surface area contributed by atoms with Gasteiger partial charge in [0, 0.05) is 22.3 Å². The van der Waals surface area contributed by atoms with Crippen molar-refractivity contribution < 1.29 is 19.1 Å². The zero-order valence-electron chi connectivity index (χ0n) is 17.6. The number of carbonyl (C=O) groups excluding carboxylic acids is 3. The molecule has 2 amide bonds. The minimum Gasteiger partial charge on any atom is -0.468 e. The molecule has 1 aliphatic carbocycles. The Labute approximate surface area is 180 Å². The van der Waals surface area contributed by atoms with Crippen molar-refractivity contribution in [2.75, 3.05) is 19.0 Å². The second-order valence-electron chi connectivity index (χ2n) is 7.95. The van der Waals surface area contributed by atoms with Gasteiger partial charge in [-0.05, 0) is 61.1 Å². The summed E-state index contributed by atoms with van der Waals surface area (Å²) in [7, 11) is 1.26. The molecule has 0 aliphatic heterocycles. The van der Waals surface area contributed by atoms with Gasteiger partial charge < -0.3 is 20.4 Å². The van der Waals surface area contributed by atoms with E-state index in [0.29, 0.717) is 22.7 Å². The van der Waals surface area contributed by atoms with E-state index < -0.39 is 5.97 Å². The number of amides is 2. The van der Waals surface area contributed by atoms with Crippen LogP contribution in [0.5, 0.6) is 0 Å². The van der Waals surface area contributed by atoms with Gasteiger partial charge in [0.15, 0.2) is 0 Å². The summed E-state index contributed by atoms with van der Waals surface area (Å²) in [5.74, 6) is -0.474. The standard InChI is InChI=1S/C24H25N3O4/c1-14-6-11-20-19(12-14)17-4-3-5-18(22(17)27-20)24(30)26-16-9-7-15(8-10-16)23(29)25-13-21(28)31-2/h3-5,7-10,14,27H,6,11-13H2,1-2H3,(H,25,29)(H,26,30). The van der Waals surface area contributed by atoms with Crippen LogP contribution in [0.2, 0.25) is 0 Å². The third-order valence-electron chi connectivity index (χ3n) is 5.74. The second-order valence-corrected chi connectivity index (χ2v) is 7.95. The Kier molecular flexibility index (Phi) is 5.75. The number of fused-ring (bicyclic) bond motifs is 3. The Morgan fingerprint density at radius 1 is 1.10 bits per heavy atom. The lowest BCUT2D eigenvalue weighted by atomic mass is 9.87. The van der Waals surface area contributed by atoms with Crippen molar-refractivity contribution >= 4 is 34.4 Å². The molecule has 0 saturated heterocycles. The summed E-state index contributed by atoms with van der Waals surface area (Å²) in [6, 6.07) is 12.3. The summed E-state index contributed by atoms with van der Waals surface area (Å²) in [6.45, 7) is 2.06. The van der Waals surface area contributed by atoms with Crippen molar-refractivity contribution in [2.24, 2.45) is 5.92 Å². The first-order valence-electron chi connectivity index (χ1n) is 10.3. The second kappa shape index (κ2) is 8.63. The summed E-state index contributed by atoms with van der Waals surface area (Å²) in [5.41, 5.74) is 4.99. The number of anilines is 1. The number of methoxy groups -OCH3 is 1. The van der Waals surface area contributed by atoms with Crippen LogP contribution in [0.25, 0.3) is 10.9 Å². The highest BCUT2D eigenvalue weighted by Crippen LogP contribution is 2.33. The number of benzene rings is 2. The summed E-state index contributed by atoms with van der Waals surface area (Å²) in [6.07, 6.45) is 3.19. The molecule has 0 spiro atoms. The molecule has 0 bridgehead atoms. The number of esters is 1. The number of hydrogen-bond donors (Lipinski definition) is 3. The third-order valence-corrected chi connectivity index (χ3v) is 5.74. The molecular weight excluding hydrogens is 394 g/mol. The molecule has 3 aromatic rings. The van der Waals surface area contributed by atoms with Crippen LogP contribution in [0.1, 0.15) is 45.3 Å². The lowest BCUT2D eigenvalue weighted by Gasteiger charge is -2.17. The number of nitrogens with one attached hydrogen (secondary N) is 3. The molecule has 2 aromatic carbocycles. The normalized spacial score (nSPS) is 15.2. The highest BCUT2D eigenvalue weighted by Gasteiger charge is 2.22. The predicted octanol–water partition coefficient (Wildman–Crippen LogP) is 3.45. The molecule has 160 valence electrons. The van der Waals surface area contributed by atoms with Gasteiger partial charge in [0.1, 0.15) is 6.54 Å². The summed E-state index contributed by atoms with van der Waals surface area (Å²) < 4.78 is 4.50. The number of carbonyl (C=O) groups is 3. The first-order chi connectivity index (χ1) is 15.0. The number of rotatable bonds is 5.